The first-order valence-corrected chi connectivity index (χ1v) is 9.48. The average molecular weight is 452 g/mol. The number of ether oxygens (including phenoxy) is 2. The van der Waals surface area contributed by atoms with Crippen molar-refractivity contribution in [2.45, 2.75) is 68.1 Å². The third-order valence-electron chi connectivity index (χ3n) is 4.05. The molecule has 2 fully saturated rings. The molecule has 1 saturated carbocycles. The number of likely N-dealkylation sites (tertiary alicyclic amines) is 1. The Morgan fingerprint density at radius 2 is 1.96 bits per heavy atom. The van der Waals surface area contributed by atoms with Crippen molar-refractivity contribution in [3.63, 3.8) is 0 Å². The van der Waals surface area contributed by atoms with E-state index in [-0.39, 0.29) is 16.4 Å². The number of hydrogen-bond donors (Lipinski definition) is 1. The third-order valence-corrected chi connectivity index (χ3v) is 5.55. The Hall–Kier alpha value is -1.06. The molecule has 1 aliphatic heterocycles. The van der Waals surface area contributed by atoms with Crippen LogP contribution in [0.2, 0.25) is 0 Å². The Morgan fingerprint density at radius 1 is 1.33 bits per heavy atom. The molecule has 0 bridgehead atoms. The number of nitrogens with zero attached hydrogens (tertiary/aromatic N) is 1. The van der Waals surface area contributed by atoms with Gasteiger partial charge in [0.2, 0.25) is 5.91 Å². The van der Waals surface area contributed by atoms with Crippen LogP contribution < -0.4 is 5.32 Å². The summed E-state index contributed by atoms with van der Waals surface area (Å²) in [5.74, 6) is -0.717. The van der Waals surface area contributed by atoms with Crippen molar-refractivity contribution in [1.29, 1.82) is 0 Å². The number of nitrogens with one attached hydrogen (secondary N) is 1. The van der Waals surface area contributed by atoms with E-state index in [1.165, 1.54) is 4.90 Å². The largest absolute Gasteiger partial charge is 0.464 e. The molecule has 1 aliphatic carbocycles. The first-order chi connectivity index (χ1) is 11.1. The number of amides is 2. The molecule has 0 unspecified atom stereocenters. The highest BCUT2D eigenvalue weighted by atomic mass is 127. The molecule has 1 heterocycles. The van der Waals surface area contributed by atoms with Crippen LogP contribution in [0.4, 0.5) is 4.79 Å². The van der Waals surface area contributed by atoms with Crippen LogP contribution in [-0.2, 0) is 19.1 Å². The van der Waals surface area contributed by atoms with Gasteiger partial charge in [0.1, 0.15) is 11.6 Å². The van der Waals surface area contributed by atoms with Crippen molar-refractivity contribution in [1.82, 2.24) is 10.2 Å². The van der Waals surface area contributed by atoms with E-state index in [0.29, 0.717) is 19.4 Å². The van der Waals surface area contributed by atoms with Gasteiger partial charge in [0, 0.05) is 10.5 Å². The second-order valence-electron chi connectivity index (χ2n) is 7.18. The third kappa shape index (κ3) is 4.12. The van der Waals surface area contributed by atoms with Gasteiger partial charge in [-0.15, -0.1) is 0 Å². The van der Waals surface area contributed by atoms with E-state index in [1.807, 2.05) is 0 Å². The van der Waals surface area contributed by atoms with Crippen LogP contribution in [0.5, 0.6) is 0 Å². The van der Waals surface area contributed by atoms with Crippen molar-refractivity contribution < 1.29 is 23.9 Å². The summed E-state index contributed by atoms with van der Waals surface area (Å²) in [6.07, 6.45) is 1.36. The molecule has 1 N–H and O–H groups in total. The van der Waals surface area contributed by atoms with Gasteiger partial charge in [0.25, 0.3) is 0 Å². The fraction of sp³-hybridized carbons (Fsp3) is 0.812. The number of carbonyl (C=O) groups excluding carboxylic acids is 3. The molecule has 2 aliphatic rings. The highest BCUT2D eigenvalue weighted by Crippen LogP contribution is 2.44. The maximum absolute atomic E-state index is 12.7. The molecule has 8 heteroatoms. The molecule has 1 saturated heterocycles. The molecule has 2 rings (SSSR count). The van der Waals surface area contributed by atoms with Gasteiger partial charge in [0.15, 0.2) is 5.54 Å². The smallest absolute Gasteiger partial charge is 0.410 e. The van der Waals surface area contributed by atoms with Crippen molar-refractivity contribution in [2.75, 3.05) is 13.2 Å². The molecular weight excluding hydrogens is 427 g/mol. The van der Waals surface area contributed by atoms with Crippen LogP contribution in [0.25, 0.3) is 0 Å². The topological polar surface area (TPSA) is 84.9 Å². The lowest BCUT2D eigenvalue weighted by molar-refractivity contribution is -0.149. The molecule has 24 heavy (non-hydrogen) atoms. The van der Waals surface area contributed by atoms with Crippen LogP contribution in [0, 0.1) is 0 Å². The van der Waals surface area contributed by atoms with Gasteiger partial charge in [-0.05, 0) is 47.0 Å². The summed E-state index contributed by atoms with van der Waals surface area (Å²) in [5, 5.41) is 2.82. The quantitative estimate of drug-likeness (QED) is 0.401. The van der Waals surface area contributed by atoms with Gasteiger partial charge in [-0.3, -0.25) is 9.69 Å². The lowest BCUT2D eigenvalue weighted by Gasteiger charge is -2.29. The van der Waals surface area contributed by atoms with E-state index in [2.05, 4.69) is 27.9 Å². The lowest BCUT2D eigenvalue weighted by atomic mass is 10.1. The van der Waals surface area contributed by atoms with E-state index in [9.17, 15) is 14.4 Å². The average Bonchev–Trinajstić information content (AvgIpc) is 2.90. The van der Waals surface area contributed by atoms with Gasteiger partial charge in [0.05, 0.1) is 6.61 Å². The molecular formula is C16H25IN2O5. The van der Waals surface area contributed by atoms with Crippen LogP contribution in [0.15, 0.2) is 0 Å². The maximum Gasteiger partial charge on any atom is 0.410 e. The number of alkyl halides is 1. The fourth-order valence-corrected chi connectivity index (χ4v) is 3.86. The van der Waals surface area contributed by atoms with Crippen LogP contribution in [0.1, 0.15) is 47.0 Å². The number of halogens is 1. The van der Waals surface area contributed by atoms with Gasteiger partial charge < -0.3 is 14.8 Å². The van der Waals surface area contributed by atoms with Gasteiger partial charge in [-0.25, -0.2) is 9.59 Å². The fourth-order valence-electron chi connectivity index (χ4n) is 2.76. The summed E-state index contributed by atoms with van der Waals surface area (Å²) in [6.45, 7) is 7.85. The van der Waals surface area contributed by atoms with E-state index in [1.54, 1.807) is 27.7 Å². The standard InChI is InChI=1S/C16H25IN2O5/c1-5-23-13(21)16(9-11(16)17)18-12(20)10-7-6-8-19(10)14(22)24-15(2,3)4/h10-11H,5-9H2,1-4H3,(H,18,20)/t10-,11+,16+/m0/s1. The summed E-state index contributed by atoms with van der Waals surface area (Å²) in [5.41, 5.74) is -1.56. The van der Waals surface area contributed by atoms with Gasteiger partial charge >= 0.3 is 12.1 Å². The molecule has 3 atom stereocenters. The van der Waals surface area contributed by atoms with Crippen molar-refractivity contribution in [3.05, 3.63) is 0 Å². The normalized spacial score (nSPS) is 29.1. The van der Waals surface area contributed by atoms with Crippen LogP contribution >= 0.6 is 22.6 Å². The molecule has 0 spiro atoms. The molecule has 136 valence electrons. The van der Waals surface area contributed by atoms with E-state index in [4.69, 9.17) is 9.47 Å². The summed E-state index contributed by atoms with van der Waals surface area (Å²) in [7, 11) is 0. The number of carbonyl (C=O) groups is 3. The summed E-state index contributed by atoms with van der Waals surface area (Å²) in [6, 6.07) is -0.602. The highest BCUT2D eigenvalue weighted by molar-refractivity contribution is 14.1. The first-order valence-electron chi connectivity index (χ1n) is 8.23. The minimum absolute atomic E-state index is 0.00878. The predicted molar refractivity (Wildman–Crippen MR) is 95.9 cm³/mol. The number of rotatable bonds is 4. The second kappa shape index (κ2) is 7.05. The molecule has 0 aromatic carbocycles. The van der Waals surface area contributed by atoms with Crippen molar-refractivity contribution in [2.24, 2.45) is 0 Å². The zero-order valence-corrected chi connectivity index (χ0v) is 16.7. The van der Waals surface area contributed by atoms with Crippen LogP contribution in [0.3, 0.4) is 0 Å². The predicted octanol–water partition coefficient (Wildman–Crippen LogP) is 2.01. The number of hydrogen-bond acceptors (Lipinski definition) is 5. The molecule has 0 aromatic heterocycles. The SMILES string of the molecule is CCOC(=O)[C@@]1(NC(=O)[C@@H]2CCCN2C(=O)OC(C)(C)C)C[C@H]1I. The van der Waals surface area contributed by atoms with E-state index < -0.39 is 29.2 Å². The molecule has 2 amide bonds. The molecule has 0 radical (unpaired) electrons. The Morgan fingerprint density at radius 3 is 2.46 bits per heavy atom. The zero-order chi connectivity index (χ0) is 18.1. The molecule has 0 aromatic rings. The van der Waals surface area contributed by atoms with Gasteiger partial charge in [-0.1, -0.05) is 22.6 Å². The second-order valence-corrected chi connectivity index (χ2v) is 8.69. The zero-order valence-electron chi connectivity index (χ0n) is 14.6. The van der Waals surface area contributed by atoms with E-state index in [0.717, 1.165) is 6.42 Å². The lowest BCUT2D eigenvalue weighted by Crippen LogP contribution is -2.54. The Balaban J connectivity index is 2.03. The Bertz CT molecular complexity index is 533. The van der Waals surface area contributed by atoms with Crippen LogP contribution in [-0.4, -0.2) is 57.1 Å². The summed E-state index contributed by atoms with van der Waals surface area (Å²) >= 11 is 2.14. The van der Waals surface area contributed by atoms with E-state index >= 15 is 0 Å². The monoisotopic (exact) mass is 452 g/mol. The van der Waals surface area contributed by atoms with Crippen molar-refractivity contribution >= 4 is 40.6 Å². The highest BCUT2D eigenvalue weighted by Gasteiger charge is 2.62. The maximum atomic E-state index is 12.7. The minimum Gasteiger partial charge on any atom is -0.464 e. The van der Waals surface area contributed by atoms with Gasteiger partial charge in [-0.2, -0.15) is 0 Å². The Labute approximate surface area is 155 Å². The summed E-state index contributed by atoms with van der Waals surface area (Å²) < 4.78 is 10.5. The minimum atomic E-state index is -0.949. The first kappa shape index (κ1) is 19.3. The molecule has 7 nitrogen and oxygen atoms in total. The Kier molecular flexibility index (Phi) is 5.66. The summed E-state index contributed by atoms with van der Waals surface area (Å²) in [4.78, 5) is 38.5. The number of esters is 1. The van der Waals surface area contributed by atoms with Crippen molar-refractivity contribution in [3.8, 4) is 0 Å².